The van der Waals surface area contributed by atoms with E-state index in [4.69, 9.17) is 9.97 Å². The molecule has 4 heteroatoms. The molecule has 0 bridgehead atoms. The van der Waals surface area contributed by atoms with E-state index in [1.807, 2.05) is 18.6 Å². The van der Waals surface area contributed by atoms with E-state index in [0.717, 1.165) is 51.4 Å². The molecule has 1 aliphatic rings. The molecule has 3 aromatic heterocycles. The van der Waals surface area contributed by atoms with Crippen LogP contribution in [0.2, 0.25) is 0 Å². The zero-order valence-electron chi connectivity index (χ0n) is 29.3. The normalized spacial score (nSPS) is 12.3. The van der Waals surface area contributed by atoms with Crippen molar-refractivity contribution in [2.75, 3.05) is 0 Å². The van der Waals surface area contributed by atoms with Gasteiger partial charge in [0.05, 0.1) is 11.0 Å². The molecule has 0 fully saturated rings. The lowest BCUT2D eigenvalue weighted by Gasteiger charge is -2.19. The van der Waals surface area contributed by atoms with Crippen molar-refractivity contribution >= 4 is 49.4 Å². The maximum atomic E-state index is 5.26. The van der Waals surface area contributed by atoms with Crippen LogP contribution < -0.4 is 0 Å². The molecule has 4 nitrogen and oxygen atoms in total. The second-order valence-electron chi connectivity index (χ2n) is 14.0. The van der Waals surface area contributed by atoms with Crippen LogP contribution in [-0.4, -0.2) is 19.5 Å². The van der Waals surface area contributed by atoms with Crippen LogP contribution in [0, 0.1) is 0 Å². The van der Waals surface area contributed by atoms with Gasteiger partial charge in [-0.05, 0) is 120 Å². The lowest BCUT2D eigenvalue weighted by molar-refractivity contribution is 1.03. The molecule has 0 aliphatic heterocycles. The van der Waals surface area contributed by atoms with Crippen LogP contribution >= 0.6 is 0 Å². The highest BCUT2D eigenvalue weighted by molar-refractivity contribution is 6.22. The average molecular weight is 689 g/mol. The molecular weight excluding hydrogens is 657 g/mol. The SMILES string of the molecule is C1=Cc2cccc3ccc(-c4nc5ccccc5n4-c4ccc(-c5c6ccccc6c(-c6ccccc6)c6cc(-c7ccncc7)ccc56)cn4)c(c23)C1. The second-order valence-corrected chi connectivity index (χ2v) is 14.0. The molecule has 0 N–H and O–H groups in total. The number of para-hydroxylation sites is 2. The predicted molar refractivity (Wildman–Crippen MR) is 224 cm³/mol. The Morgan fingerprint density at radius 1 is 0.537 bits per heavy atom. The Kier molecular flexibility index (Phi) is 6.89. The maximum absolute atomic E-state index is 5.26. The van der Waals surface area contributed by atoms with E-state index in [2.05, 4.69) is 173 Å². The zero-order chi connectivity index (χ0) is 35.6. The first-order valence-corrected chi connectivity index (χ1v) is 18.4. The van der Waals surface area contributed by atoms with Crippen molar-refractivity contribution in [3.63, 3.8) is 0 Å². The molecule has 10 aromatic rings. The van der Waals surface area contributed by atoms with Crippen molar-refractivity contribution in [2.45, 2.75) is 6.42 Å². The van der Waals surface area contributed by atoms with Gasteiger partial charge in [-0.3, -0.25) is 9.55 Å². The van der Waals surface area contributed by atoms with Crippen molar-refractivity contribution in [3.05, 3.63) is 187 Å². The summed E-state index contributed by atoms with van der Waals surface area (Å²) in [5.74, 6) is 1.74. The summed E-state index contributed by atoms with van der Waals surface area (Å²) in [5.41, 5.74) is 12.7. The number of hydrogen-bond donors (Lipinski definition) is 0. The molecular formula is C50H32N4. The lowest BCUT2D eigenvalue weighted by atomic mass is 9.85. The predicted octanol–water partition coefficient (Wildman–Crippen LogP) is 12.5. The summed E-state index contributed by atoms with van der Waals surface area (Å²) in [6.07, 6.45) is 11.1. The van der Waals surface area contributed by atoms with Crippen LogP contribution in [0.4, 0.5) is 0 Å². The third-order valence-corrected chi connectivity index (χ3v) is 11.0. The van der Waals surface area contributed by atoms with Gasteiger partial charge in [0, 0.05) is 29.7 Å². The van der Waals surface area contributed by atoms with Gasteiger partial charge in [0.2, 0.25) is 0 Å². The molecule has 0 saturated heterocycles. The van der Waals surface area contributed by atoms with Crippen LogP contribution in [0.1, 0.15) is 11.1 Å². The standard InChI is InChI=1S/C50H32N4/c1-2-10-34(11-3-1)48-38-15-4-5-16-39(38)49(41-23-21-36(30-43(41)48)32-26-28-51-29-27-32)37-22-25-46(52-31-37)54-45-19-7-6-18-44(45)53-50(54)42-24-20-35-13-8-12-33-14-9-17-40(42)47(33)35/h1-16,18-31H,17H2. The zero-order valence-corrected chi connectivity index (χ0v) is 29.3. The molecule has 3 heterocycles. The molecule has 1 aliphatic carbocycles. The summed E-state index contributed by atoms with van der Waals surface area (Å²) in [6, 6.07) is 54.3. The smallest absolute Gasteiger partial charge is 0.147 e. The molecule has 54 heavy (non-hydrogen) atoms. The summed E-state index contributed by atoms with van der Waals surface area (Å²) in [5, 5.41) is 7.37. The number of benzene rings is 7. The van der Waals surface area contributed by atoms with Gasteiger partial charge in [-0.15, -0.1) is 0 Å². The molecule has 0 atom stereocenters. The summed E-state index contributed by atoms with van der Waals surface area (Å²) < 4.78 is 2.23. The molecule has 11 rings (SSSR count). The number of aromatic nitrogens is 4. The van der Waals surface area contributed by atoms with Crippen LogP contribution in [-0.2, 0) is 6.42 Å². The number of hydrogen-bond acceptors (Lipinski definition) is 3. The first-order valence-electron chi connectivity index (χ1n) is 18.4. The fourth-order valence-electron chi connectivity index (χ4n) is 8.58. The van der Waals surface area contributed by atoms with Crippen molar-refractivity contribution in [1.29, 1.82) is 0 Å². The lowest BCUT2D eigenvalue weighted by Crippen LogP contribution is -2.04. The van der Waals surface area contributed by atoms with E-state index in [1.54, 1.807) is 0 Å². The number of fused-ring (bicyclic) bond motifs is 3. The van der Waals surface area contributed by atoms with E-state index in [1.165, 1.54) is 60.1 Å². The highest BCUT2D eigenvalue weighted by Crippen LogP contribution is 2.45. The average Bonchev–Trinajstić information content (AvgIpc) is 3.63. The number of allylic oxidation sites excluding steroid dienone is 1. The maximum Gasteiger partial charge on any atom is 0.147 e. The Bertz CT molecular complexity index is 3100. The third kappa shape index (κ3) is 4.74. The van der Waals surface area contributed by atoms with Gasteiger partial charge in [-0.2, -0.15) is 0 Å². The van der Waals surface area contributed by atoms with Gasteiger partial charge in [-0.25, -0.2) is 9.97 Å². The monoisotopic (exact) mass is 688 g/mol. The van der Waals surface area contributed by atoms with E-state index >= 15 is 0 Å². The summed E-state index contributed by atoms with van der Waals surface area (Å²) in [6.45, 7) is 0. The highest BCUT2D eigenvalue weighted by atomic mass is 15.1. The minimum atomic E-state index is 0.837. The van der Waals surface area contributed by atoms with Crippen LogP contribution in [0.25, 0.3) is 100 Å². The molecule has 0 spiro atoms. The van der Waals surface area contributed by atoms with E-state index in [-0.39, 0.29) is 0 Å². The number of pyridine rings is 2. The van der Waals surface area contributed by atoms with Crippen LogP contribution in [0.3, 0.4) is 0 Å². The number of imidazole rings is 1. The second kappa shape index (κ2) is 12.2. The van der Waals surface area contributed by atoms with Gasteiger partial charge < -0.3 is 0 Å². The Labute approximate surface area is 312 Å². The van der Waals surface area contributed by atoms with Crippen molar-refractivity contribution in [3.8, 4) is 50.6 Å². The Balaban J connectivity index is 1.13. The Morgan fingerprint density at radius 3 is 2.13 bits per heavy atom. The molecule has 0 radical (unpaired) electrons. The van der Waals surface area contributed by atoms with E-state index < -0.39 is 0 Å². The van der Waals surface area contributed by atoms with Gasteiger partial charge in [-0.1, -0.05) is 121 Å². The summed E-state index contributed by atoms with van der Waals surface area (Å²) in [7, 11) is 0. The summed E-state index contributed by atoms with van der Waals surface area (Å²) in [4.78, 5) is 14.8. The van der Waals surface area contributed by atoms with Gasteiger partial charge in [0.15, 0.2) is 0 Å². The highest BCUT2D eigenvalue weighted by Gasteiger charge is 2.22. The molecule has 0 amide bonds. The number of nitrogens with zero attached hydrogens (tertiary/aromatic N) is 4. The quantitative estimate of drug-likeness (QED) is 0.169. The van der Waals surface area contributed by atoms with E-state index in [0.29, 0.717) is 0 Å². The topological polar surface area (TPSA) is 43.6 Å². The largest absolute Gasteiger partial charge is 0.276 e. The van der Waals surface area contributed by atoms with Crippen LogP contribution in [0.5, 0.6) is 0 Å². The minimum Gasteiger partial charge on any atom is -0.276 e. The first kappa shape index (κ1) is 30.5. The first-order chi connectivity index (χ1) is 26.8. The molecule has 7 aromatic carbocycles. The van der Waals surface area contributed by atoms with Gasteiger partial charge >= 0.3 is 0 Å². The van der Waals surface area contributed by atoms with Crippen molar-refractivity contribution < 1.29 is 0 Å². The minimum absolute atomic E-state index is 0.837. The molecule has 0 unspecified atom stereocenters. The van der Waals surface area contributed by atoms with Gasteiger partial charge in [0.25, 0.3) is 0 Å². The fourth-order valence-corrected chi connectivity index (χ4v) is 8.58. The Morgan fingerprint density at radius 2 is 1.30 bits per heavy atom. The van der Waals surface area contributed by atoms with Crippen molar-refractivity contribution in [1.82, 2.24) is 19.5 Å². The van der Waals surface area contributed by atoms with Crippen LogP contribution in [0.15, 0.2) is 176 Å². The van der Waals surface area contributed by atoms with Gasteiger partial charge in [0.1, 0.15) is 11.6 Å². The molecule has 252 valence electrons. The molecule has 0 saturated carbocycles. The van der Waals surface area contributed by atoms with E-state index in [9.17, 15) is 0 Å². The fraction of sp³-hybridized carbons (Fsp3) is 0.0200. The number of rotatable bonds is 5. The Hall–Kier alpha value is -7.17. The third-order valence-electron chi connectivity index (χ3n) is 11.0. The van der Waals surface area contributed by atoms with Crippen molar-refractivity contribution in [2.24, 2.45) is 0 Å². The summed E-state index contributed by atoms with van der Waals surface area (Å²) >= 11 is 0.